The average molecular weight is 494 g/mol. The highest BCUT2D eigenvalue weighted by Crippen LogP contribution is 2.46. The molecule has 2 aliphatic rings. The van der Waals surface area contributed by atoms with E-state index in [0.29, 0.717) is 17.5 Å². The molecule has 1 unspecified atom stereocenters. The van der Waals surface area contributed by atoms with Gasteiger partial charge < -0.3 is 5.32 Å². The Hall–Kier alpha value is -3.71. The Morgan fingerprint density at radius 1 is 0.972 bits per heavy atom. The van der Waals surface area contributed by atoms with E-state index in [0.717, 1.165) is 23.3 Å². The third-order valence-corrected chi connectivity index (χ3v) is 7.90. The van der Waals surface area contributed by atoms with Crippen molar-refractivity contribution in [2.45, 2.75) is 43.1 Å². The van der Waals surface area contributed by atoms with Crippen LogP contribution in [0.3, 0.4) is 0 Å². The van der Waals surface area contributed by atoms with Gasteiger partial charge in [0.25, 0.3) is 0 Å². The summed E-state index contributed by atoms with van der Waals surface area (Å²) in [6.45, 7) is 4.28. The lowest BCUT2D eigenvalue weighted by molar-refractivity contribution is -0.118. The summed E-state index contributed by atoms with van der Waals surface area (Å²) < 4.78 is 1.86. The van der Waals surface area contributed by atoms with Gasteiger partial charge in [-0.15, -0.1) is 5.10 Å². The maximum Gasteiger partial charge on any atom is 0.227 e. The maximum atomic E-state index is 13.4. The van der Waals surface area contributed by atoms with E-state index in [1.54, 1.807) is 18.0 Å². The number of anilines is 1. The molecule has 0 amide bonds. The minimum Gasteiger partial charge on any atom is -0.328 e. The first-order valence-electron chi connectivity index (χ1n) is 12.1. The molecule has 6 rings (SSSR count). The molecule has 1 atom stereocenters. The molecule has 0 bridgehead atoms. The van der Waals surface area contributed by atoms with E-state index in [4.69, 9.17) is 10.1 Å². The Morgan fingerprint density at radius 2 is 1.67 bits per heavy atom. The van der Waals surface area contributed by atoms with Gasteiger partial charge in [-0.1, -0.05) is 92.3 Å². The first kappa shape index (κ1) is 22.7. The van der Waals surface area contributed by atoms with Crippen molar-refractivity contribution >= 4 is 23.5 Å². The zero-order chi connectivity index (χ0) is 24.7. The van der Waals surface area contributed by atoms with Gasteiger partial charge in [0.1, 0.15) is 6.04 Å². The van der Waals surface area contributed by atoms with Gasteiger partial charge in [-0.3, -0.25) is 9.78 Å². The van der Waals surface area contributed by atoms with Crippen molar-refractivity contribution in [1.82, 2.24) is 19.7 Å². The van der Waals surface area contributed by atoms with Crippen LogP contribution >= 0.6 is 11.8 Å². The smallest absolute Gasteiger partial charge is 0.227 e. The van der Waals surface area contributed by atoms with Crippen LogP contribution in [0.25, 0.3) is 0 Å². The highest BCUT2D eigenvalue weighted by atomic mass is 32.2. The van der Waals surface area contributed by atoms with E-state index in [1.165, 1.54) is 11.1 Å². The van der Waals surface area contributed by atoms with Crippen molar-refractivity contribution in [2.75, 3.05) is 5.32 Å². The van der Waals surface area contributed by atoms with Crippen LogP contribution in [0.5, 0.6) is 0 Å². The molecule has 36 heavy (non-hydrogen) atoms. The van der Waals surface area contributed by atoms with Gasteiger partial charge in [0, 0.05) is 30.1 Å². The van der Waals surface area contributed by atoms with Gasteiger partial charge in [-0.05, 0) is 34.6 Å². The molecule has 0 saturated heterocycles. The zero-order valence-corrected chi connectivity index (χ0v) is 21.1. The summed E-state index contributed by atoms with van der Waals surface area (Å²) in [5, 5.41) is 9.13. The second kappa shape index (κ2) is 9.06. The maximum absolute atomic E-state index is 13.4. The Balaban J connectivity index is 1.42. The van der Waals surface area contributed by atoms with E-state index in [9.17, 15) is 4.79 Å². The van der Waals surface area contributed by atoms with Crippen molar-refractivity contribution in [2.24, 2.45) is 5.41 Å². The molecule has 0 saturated carbocycles. The number of rotatable bonds is 5. The summed E-state index contributed by atoms with van der Waals surface area (Å²) in [4.78, 5) is 22.7. The quantitative estimate of drug-likeness (QED) is 0.333. The molecule has 1 aliphatic heterocycles. The van der Waals surface area contributed by atoms with Crippen LogP contribution in [0.2, 0.25) is 0 Å². The molecule has 0 radical (unpaired) electrons. The average Bonchev–Trinajstić information content (AvgIpc) is 3.29. The van der Waals surface area contributed by atoms with Gasteiger partial charge in [-0.2, -0.15) is 4.98 Å². The molecule has 2 aromatic carbocycles. The molecule has 1 aliphatic carbocycles. The van der Waals surface area contributed by atoms with Gasteiger partial charge >= 0.3 is 0 Å². The van der Waals surface area contributed by atoms with Crippen LogP contribution in [0.4, 0.5) is 5.95 Å². The topological polar surface area (TPSA) is 72.7 Å². The summed E-state index contributed by atoms with van der Waals surface area (Å²) in [5.74, 6) is 0.819. The fourth-order valence-electron chi connectivity index (χ4n) is 5.17. The highest BCUT2D eigenvalue weighted by Gasteiger charge is 2.42. The van der Waals surface area contributed by atoms with Crippen molar-refractivity contribution in [1.29, 1.82) is 0 Å². The number of hydrogen-bond acceptors (Lipinski definition) is 6. The zero-order valence-electron chi connectivity index (χ0n) is 20.3. The summed E-state index contributed by atoms with van der Waals surface area (Å²) >= 11 is 1.62. The standard InChI is InChI=1S/C29H27N5OS/c1-29(2)16-22-24(23(35)17-29)25(21-14-9-15-30-18-21)34-27(31-22)32-28(33-34)36-26(19-10-5-3-6-11-19)20-12-7-4-8-13-20/h3-15,18,25-26H,16-17H2,1-2H3,(H,31,32,33). The monoisotopic (exact) mass is 493 g/mol. The van der Waals surface area contributed by atoms with Gasteiger partial charge in [-0.25, -0.2) is 4.68 Å². The van der Waals surface area contributed by atoms with Crippen LogP contribution in [0.1, 0.15) is 54.7 Å². The Kier molecular flexibility index (Phi) is 5.72. The summed E-state index contributed by atoms with van der Waals surface area (Å²) in [7, 11) is 0. The van der Waals surface area contributed by atoms with Gasteiger partial charge in [0.2, 0.25) is 11.1 Å². The van der Waals surface area contributed by atoms with Crippen molar-refractivity contribution in [3.05, 3.63) is 113 Å². The Labute approximate surface area is 214 Å². The number of carbonyl (C=O) groups excluding carboxylic acids is 1. The van der Waals surface area contributed by atoms with E-state index in [-0.39, 0.29) is 22.5 Å². The van der Waals surface area contributed by atoms with Crippen LogP contribution in [-0.2, 0) is 4.79 Å². The highest BCUT2D eigenvalue weighted by molar-refractivity contribution is 7.99. The number of hydrogen-bond donors (Lipinski definition) is 1. The number of allylic oxidation sites excluding steroid dienone is 2. The van der Waals surface area contributed by atoms with Gasteiger partial charge in [0.05, 0.1) is 5.25 Å². The second-order valence-corrected chi connectivity index (χ2v) is 11.2. The SMILES string of the molecule is CC1(C)CC(=O)C2=C(C1)Nc1nc(SC(c3ccccc3)c3ccccc3)nn1C2c1cccnc1. The van der Waals surface area contributed by atoms with E-state index in [1.807, 2.05) is 35.1 Å². The number of benzene rings is 2. The van der Waals surface area contributed by atoms with Crippen molar-refractivity contribution in [3.8, 4) is 0 Å². The number of nitrogens with zero attached hydrogens (tertiary/aromatic N) is 4. The lowest BCUT2D eigenvalue weighted by Crippen LogP contribution is -2.36. The molecule has 3 heterocycles. The molecule has 4 aromatic rings. The van der Waals surface area contributed by atoms with E-state index in [2.05, 4.69) is 72.7 Å². The normalized spacial score (nSPS) is 18.5. The van der Waals surface area contributed by atoms with Crippen LogP contribution in [-0.4, -0.2) is 25.5 Å². The molecule has 7 heteroatoms. The minimum atomic E-state index is -0.345. The summed E-state index contributed by atoms with van der Waals surface area (Å²) in [6, 6.07) is 24.4. The van der Waals surface area contributed by atoms with E-state index < -0.39 is 0 Å². The van der Waals surface area contributed by atoms with Crippen molar-refractivity contribution in [3.63, 3.8) is 0 Å². The first-order chi connectivity index (χ1) is 17.5. The molecular weight excluding hydrogens is 466 g/mol. The number of Topliss-reactive ketones (excluding diaryl/α,β-unsaturated/α-hetero) is 1. The van der Waals surface area contributed by atoms with Gasteiger partial charge in [0.15, 0.2) is 5.78 Å². The number of aromatic nitrogens is 4. The number of nitrogens with one attached hydrogen (secondary N) is 1. The molecule has 180 valence electrons. The molecule has 6 nitrogen and oxygen atoms in total. The third-order valence-electron chi connectivity index (χ3n) is 6.74. The lowest BCUT2D eigenvalue weighted by atomic mass is 9.73. The summed E-state index contributed by atoms with van der Waals surface area (Å²) in [5.41, 5.74) is 4.93. The number of fused-ring (bicyclic) bond motifs is 1. The van der Waals surface area contributed by atoms with Crippen molar-refractivity contribution < 1.29 is 4.79 Å². The molecule has 0 spiro atoms. The Bertz CT molecular complexity index is 1390. The number of ketones is 1. The van der Waals surface area contributed by atoms with Crippen LogP contribution < -0.4 is 5.32 Å². The first-order valence-corrected chi connectivity index (χ1v) is 13.0. The molecule has 1 N–H and O–H groups in total. The fourth-order valence-corrected chi connectivity index (χ4v) is 6.25. The molecule has 2 aromatic heterocycles. The number of pyridine rings is 1. The number of thioether (sulfide) groups is 1. The van der Waals surface area contributed by atoms with E-state index >= 15 is 0 Å². The largest absolute Gasteiger partial charge is 0.328 e. The molecule has 0 fully saturated rings. The number of carbonyl (C=O) groups is 1. The van der Waals surface area contributed by atoms with Crippen LogP contribution in [0, 0.1) is 5.41 Å². The molecular formula is C29H27N5OS. The predicted octanol–water partition coefficient (Wildman–Crippen LogP) is 6.21. The lowest BCUT2D eigenvalue weighted by Gasteiger charge is -2.38. The summed E-state index contributed by atoms with van der Waals surface area (Å²) in [6.07, 6.45) is 4.87. The second-order valence-electron chi connectivity index (χ2n) is 10.1. The third kappa shape index (κ3) is 4.24. The Morgan fingerprint density at radius 3 is 2.31 bits per heavy atom. The minimum absolute atomic E-state index is 0.0387. The van der Waals surface area contributed by atoms with Crippen LogP contribution in [0.15, 0.2) is 102 Å². The predicted molar refractivity (Wildman–Crippen MR) is 142 cm³/mol. The fraction of sp³-hybridized carbons (Fsp3) is 0.241.